The number of rotatable bonds is 4. The average Bonchev–Trinajstić information content (AvgIpc) is 2.83. The minimum Gasteiger partial charge on any atom is -0.308 e. The molecule has 1 fully saturated rings. The number of hydrogen-bond donors (Lipinski definition) is 1. The number of hydrogen-bond acceptors (Lipinski definition) is 3. The molecule has 2 rings (SSSR count). The molecule has 1 heterocycles. The average molecular weight is 238 g/mol. The Kier molecular flexibility index (Phi) is 3.98. The van der Waals surface area contributed by atoms with E-state index in [1.807, 2.05) is 0 Å². The van der Waals surface area contributed by atoms with E-state index in [0.29, 0.717) is 5.92 Å². The van der Waals surface area contributed by atoms with Crippen molar-refractivity contribution in [2.45, 2.75) is 58.5 Å². The number of nitrogens with zero attached hydrogens (tertiary/aromatic N) is 1. The molecule has 1 aromatic rings. The lowest BCUT2D eigenvalue weighted by Gasteiger charge is -2.10. The van der Waals surface area contributed by atoms with Gasteiger partial charge >= 0.3 is 0 Å². The van der Waals surface area contributed by atoms with Crippen LogP contribution in [0.25, 0.3) is 0 Å². The molecule has 0 radical (unpaired) electrons. The molecule has 1 saturated carbocycles. The quantitative estimate of drug-likeness (QED) is 0.868. The first-order chi connectivity index (χ1) is 7.65. The van der Waals surface area contributed by atoms with Gasteiger partial charge in [0.05, 0.1) is 10.7 Å². The summed E-state index contributed by atoms with van der Waals surface area (Å²) in [5.74, 6) is 1.46. The second-order valence-corrected chi connectivity index (χ2v) is 6.22. The van der Waals surface area contributed by atoms with Crippen molar-refractivity contribution >= 4 is 11.3 Å². The minimum atomic E-state index is 0.560. The molecule has 1 aromatic heterocycles. The van der Waals surface area contributed by atoms with Gasteiger partial charge in [-0.3, -0.25) is 0 Å². The predicted molar refractivity (Wildman–Crippen MR) is 69.8 cm³/mol. The van der Waals surface area contributed by atoms with Crippen molar-refractivity contribution in [3.63, 3.8) is 0 Å². The van der Waals surface area contributed by atoms with E-state index in [4.69, 9.17) is 0 Å². The first kappa shape index (κ1) is 12.1. The Bertz CT molecular complexity index is 332. The number of aromatic nitrogens is 1. The van der Waals surface area contributed by atoms with Crippen molar-refractivity contribution in [2.24, 2.45) is 5.92 Å². The van der Waals surface area contributed by atoms with Crippen LogP contribution in [-0.4, -0.2) is 11.0 Å². The second-order valence-electron chi connectivity index (χ2n) is 5.33. The SMILES string of the molecule is CC1CCC(NCc2csc(C(C)C)n2)C1. The Morgan fingerprint density at radius 3 is 2.88 bits per heavy atom. The van der Waals surface area contributed by atoms with E-state index in [-0.39, 0.29) is 0 Å². The summed E-state index contributed by atoms with van der Waals surface area (Å²) in [6.45, 7) is 7.70. The summed E-state index contributed by atoms with van der Waals surface area (Å²) in [7, 11) is 0. The highest BCUT2D eigenvalue weighted by Gasteiger charge is 2.20. The molecule has 2 nitrogen and oxygen atoms in total. The van der Waals surface area contributed by atoms with Crippen LogP contribution in [0.3, 0.4) is 0 Å². The Balaban J connectivity index is 1.80. The molecule has 0 amide bonds. The summed E-state index contributed by atoms with van der Waals surface area (Å²) in [4.78, 5) is 4.65. The van der Waals surface area contributed by atoms with Crippen LogP contribution in [0.4, 0.5) is 0 Å². The fourth-order valence-corrected chi connectivity index (χ4v) is 3.15. The first-order valence-corrected chi connectivity index (χ1v) is 7.20. The third-order valence-corrected chi connectivity index (χ3v) is 4.52. The van der Waals surface area contributed by atoms with Crippen molar-refractivity contribution in [2.75, 3.05) is 0 Å². The van der Waals surface area contributed by atoms with E-state index < -0.39 is 0 Å². The summed E-state index contributed by atoms with van der Waals surface area (Å²) < 4.78 is 0. The molecule has 1 N–H and O–H groups in total. The maximum Gasteiger partial charge on any atom is 0.0954 e. The van der Waals surface area contributed by atoms with E-state index in [1.165, 1.54) is 30.0 Å². The smallest absolute Gasteiger partial charge is 0.0954 e. The van der Waals surface area contributed by atoms with Crippen LogP contribution in [-0.2, 0) is 6.54 Å². The van der Waals surface area contributed by atoms with Gasteiger partial charge in [0.2, 0.25) is 0 Å². The molecule has 3 heteroatoms. The van der Waals surface area contributed by atoms with Gasteiger partial charge in [-0.25, -0.2) is 4.98 Å². The molecule has 0 saturated heterocycles. The van der Waals surface area contributed by atoms with Gasteiger partial charge < -0.3 is 5.32 Å². The molecule has 1 aliphatic rings. The van der Waals surface area contributed by atoms with Gasteiger partial charge in [-0.2, -0.15) is 0 Å². The van der Waals surface area contributed by atoms with Crippen LogP contribution in [0, 0.1) is 5.92 Å². The monoisotopic (exact) mass is 238 g/mol. The summed E-state index contributed by atoms with van der Waals surface area (Å²) in [5.41, 5.74) is 1.22. The normalized spacial score (nSPS) is 25.5. The highest BCUT2D eigenvalue weighted by atomic mass is 32.1. The zero-order valence-corrected chi connectivity index (χ0v) is 11.3. The Morgan fingerprint density at radius 2 is 2.31 bits per heavy atom. The lowest BCUT2D eigenvalue weighted by atomic mass is 10.1. The van der Waals surface area contributed by atoms with Crippen molar-refractivity contribution < 1.29 is 0 Å². The van der Waals surface area contributed by atoms with Crippen molar-refractivity contribution in [3.8, 4) is 0 Å². The highest BCUT2D eigenvalue weighted by molar-refractivity contribution is 7.09. The molecule has 0 aliphatic heterocycles. The molecule has 1 aliphatic carbocycles. The topological polar surface area (TPSA) is 24.9 Å². The van der Waals surface area contributed by atoms with Gasteiger partial charge in [-0.1, -0.05) is 20.8 Å². The maximum atomic E-state index is 4.65. The van der Waals surface area contributed by atoms with E-state index >= 15 is 0 Å². The van der Waals surface area contributed by atoms with Crippen LogP contribution in [0.5, 0.6) is 0 Å². The highest BCUT2D eigenvalue weighted by Crippen LogP contribution is 2.25. The number of nitrogens with one attached hydrogen (secondary N) is 1. The Labute approximate surface area is 102 Å². The van der Waals surface area contributed by atoms with Gasteiger partial charge in [0.15, 0.2) is 0 Å². The minimum absolute atomic E-state index is 0.560. The lowest BCUT2D eigenvalue weighted by Crippen LogP contribution is -2.25. The summed E-state index contributed by atoms with van der Waals surface area (Å²) in [6.07, 6.45) is 4.05. The van der Waals surface area contributed by atoms with Crippen LogP contribution in [0.2, 0.25) is 0 Å². The van der Waals surface area contributed by atoms with Crippen molar-refractivity contribution in [1.82, 2.24) is 10.3 Å². The lowest BCUT2D eigenvalue weighted by molar-refractivity contribution is 0.499. The van der Waals surface area contributed by atoms with Gasteiger partial charge in [-0.05, 0) is 25.2 Å². The van der Waals surface area contributed by atoms with Gasteiger partial charge in [0.25, 0.3) is 0 Å². The first-order valence-electron chi connectivity index (χ1n) is 6.33. The zero-order valence-electron chi connectivity index (χ0n) is 10.5. The van der Waals surface area contributed by atoms with Gasteiger partial charge in [0, 0.05) is 23.9 Å². The summed E-state index contributed by atoms with van der Waals surface area (Å²) in [5, 5.41) is 7.08. The fourth-order valence-electron chi connectivity index (χ4n) is 2.31. The largest absolute Gasteiger partial charge is 0.308 e. The van der Waals surface area contributed by atoms with Crippen LogP contribution < -0.4 is 5.32 Å². The molecular weight excluding hydrogens is 216 g/mol. The Morgan fingerprint density at radius 1 is 1.50 bits per heavy atom. The van der Waals surface area contributed by atoms with E-state index in [0.717, 1.165) is 18.5 Å². The predicted octanol–water partition coefficient (Wildman–Crippen LogP) is 3.54. The molecule has 90 valence electrons. The molecule has 0 aromatic carbocycles. The van der Waals surface area contributed by atoms with Crippen molar-refractivity contribution in [3.05, 3.63) is 16.1 Å². The van der Waals surface area contributed by atoms with Gasteiger partial charge in [-0.15, -0.1) is 11.3 Å². The molecule has 2 unspecified atom stereocenters. The van der Waals surface area contributed by atoms with Crippen LogP contribution in [0.15, 0.2) is 5.38 Å². The molecule has 0 spiro atoms. The molecular formula is C13H22N2S. The molecule has 0 bridgehead atoms. The van der Waals surface area contributed by atoms with Gasteiger partial charge in [0.1, 0.15) is 0 Å². The molecule has 16 heavy (non-hydrogen) atoms. The van der Waals surface area contributed by atoms with Crippen LogP contribution in [0.1, 0.15) is 56.7 Å². The van der Waals surface area contributed by atoms with Crippen LogP contribution >= 0.6 is 11.3 Å². The third-order valence-electron chi connectivity index (χ3n) is 3.33. The second kappa shape index (κ2) is 5.28. The summed E-state index contributed by atoms with van der Waals surface area (Å²) >= 11 is 1.79. The molecule has 2 atom stereocenters. The standard InChI is InChI=1S/C13H22N2S/c1-9(2)13-15-12(8-16-13)7-14-11-5-4-10(3)6-11/h8-11,14H,4-7H2,1-3H3. The number of thiazole rings is 1. The maximum absolute atomic E-state index is 4.65. The van der Waals surface area contributed by atoms with E-state index in [9.17, 15) is 0 Å². The Hall–Kier alpha value is -0.410. The zero-order chi connectivity index (χ0) is 11.5. The van der Waals surface area contributed by atoms with E-state index in [2.05, 4.69) is 36.5 Å². The third kappa shape index (κ3) is 3.05. The summed E-state index contributed by atoms with van der Waals surface area (Å²) in [6, 6.07) is 0.721. The van der Waals surface area contributed by atoms with Crippen molar-refractivity contribution in [1.29, 1.82) is 0 Å². The van der Waals surface area contributed by atoms with E-state index in [1.54, 1.807) is 11.3 Å². The fraction of sp³-hybridized carbons (Fsp3) is 0.769.